The minimum Gasteiger partial charge on any atom is -0.475 e. The van der Waals surface area contributed by atoms with Gasteiger partial charge in [0.05, 0.1) is 9.82 Å². The zero-order valence-corrected chi connectivity index (χ0v) is 39.2. The second-order valence-electron chi connectivity index (χ2n) is 16.1. The van der Waals surface area contributed by atoms with Crippen molar-refractivity contribution in [3.05, 3.63) is 153 Å². The van der Waals surface area contributed by atoms with Crippen molar-refractivity contribution in [1.29, 1.82) is 0 Å². The first-order valence-corrected chi connectivity index (χ1v) is 23.0. The molecule has 0 saturated heterocycles. The lowest BCUT2D eigenvalue weighted by molar-refractivity contribution is -0.384. The van der Waals surface area contributed by atoms with Crippen molar-refractivity contribution in [2.45, 2.75) is 49.3 Å². The number of hydrogen-bond acceptors (Lipinski definition) is 11. The first-order valence-electron chi connectivity index (χ1n) is 21.2. The molecule has 1 unspecified atom stereocenters. The van der Waals surface area contributed by atoms with Crippen LogP contribution in [0.5, 0.6) is 0 Å². The van der Waals surface area contributed by atoms with E-state index in [9.17, 15) is 49.7 Å². The lowest BCUT2D eigenvalue weighted by Crippen LogP contribution is -2.33. The number of para-hydroxylation sites is 1. The van der Waals surface area contributed by atoms with Gasteiger partial charge in [-0.15, -0.1) is 0 Å². The molecule has 1 atom stereocenters. The third-order valence-electron chi connectivity index (χ3n) is 10.6. The summed E-state index contributed by atoms with van der Waals surface area (Å²) in [4.78, 5) is 46.8. The van der Waals surface area contributed by atoms with Crippen molar-refractivity contribution < 1.29 is 64.3 Å². The number of anilines is 2. The van der Waals surface area contributed by atoms with Crippen molar-refractivity contribution >= 4 is 67.4 Å². The molecule has 0 aliphatic carbocycles. The number of carboxylic acids is 2. The van der Waals surface area contributed by atoms with Gasteiger partial charge in [-0.2, -0.15) is 26.3 Å². The first kappa shape index (κ1) is 54.7. The zero-order valence-electron chi connectivity index (χ0n) is 37.7. The highest BCUT2D eigenvalue weighted by molar-refractivity contribution is 7.90. The van der Waals surface area contributed by atoms with Crippen LogP contribution >= 0.6 is 11.6 Å². The molecule has 7 rings (SSSR count). The van der Waals surface area contributed by atoms with Crippen LogP contribution in [0.25, 0.3) is 22.0 Å². The number of carbonyl (C=O) groups is 3. The van der Waals surface area contributed by atoms with E-state index in [2.05, 4.69) is 37.0 Å². The number of fused-ring (bicyclic) bond motifs is 3. The maximum Gasteiger partial charge on any atom is 0.490 e. The average molecular weight is 1030 g/mol. The number of halogens is 7. The number of sulfonamides is 1. The summed E-state index contributed by atoms with van der Waals surface area (Å²) in [5.41, 5.74) is 6.34. The molecule has 71 heavy (non-hydrogen) atoms. The quantitative estimate of drug-likeness (QED) is 0.0369. The second kappa shape index (κ2) is 23.6. The molecule has 0 fully saturated rings. The van der Waals surface area contributed by atoms with E-state index < -0.39 is 55.7 Å². The summed E-state index contributed by atoms with van der Waals surface area (Å²) in [7, 11) is -0.572. The molecule has 0 saturated carbocycles. The maximum atomic E-state index is 13.5. The molecular weight excluding hydrogens is 988 g/mol. The molecule has 0 radical (unpaired) electrons. The Morgan fingerprint density at radius 3 is 2.06 bits per heavy atom. The average Bonchev–Trinajstić information content (AvgIpc) is 3.67. The Hall–Kier alpha value is -7.21. The number of aromatic nitrogens is 1. The summed E-state index contributed by atoms with van der Waals surface area (Å²) in [6.45, 7) is 4.22. The molecule has 1 aliphatic heterocycles. The number of alkyl halides is 6. The SMILES string of the molecule is CN(C)CCC(CNc1ccccc1)Nc1ccc(S(=O)(=O)NC(=O)c2ccc3c(c2)cc2n3CCN(Cc3ccccc3-c3ccc(Cl)cc3)C2)cc1[N+](=O)[O-].O=C(O)C(F)(F)F.O=C(O)C(F)(F)F. The summed E-state index contributed by atoms with van der Waals surface area (Å²) in [6, 6.07) is 36.4. The van der Waals surface area contributed by atoms with Crippen LogP contribution in [0, 0.1) is 10.1 Å². The number of hydrogen-bond donors (Lipinski definition) is 5. The van der Waals surface area contributed by atoms with E-state index in [1.165, 1.54) is 17.7 Å². The van der Waals surface area contributed by atoms with E-state index >= 15 is 0 Å². The van der Waals surface area contributed by atoms with Crippen LogP contribution in [0.1, 0.15) is 28.0 Å². The van der Waals surface area contributed by atoms with Gasteiger partial charge in [-0.25, -0.2) is 22.7 Å². The fraction of sp³-hybridized carbons (Fsp3) is 0.255. The monoisotopic (exact) mass is 1030 g/mol. The lowest BCUT2D eigenvalue weighted by Gasteiger charge is -2.29. The van der Waals surface area contributed by atoms with E-state index in [1.807, 2.05) is 97.9 Å². The number of carbonyl (C=O) groups excluding carboxylic acids is 1. The number of nitrogens with zero attached hydrogens (tertiary/aromatic N) is 4. The third-order valence-corrected chi connectivity index (χ3v) is 12.2. The standard InChI is InChI=1S/C43H44ClN7O5S.2C2HF3O2/c1-48(2)21-20-36(27-45-35-9-4-3-5-10-35)46-40-18-17-38(26-42(40)51(53)54)57(55,56)47-43(52)31-14-19-41-33(24-31)25-37-29-49(22-23-50(37)41)28-32-8-6-7-11-39(32)30-12-15-34(44)16-13-30;2*3-2(4,5)1(6)7/h3-19,24-26,36,45-46H,20-23,27-29H2,1-2H3,(H,47,52);2*(H,6,7). The van der Waals surface area contributed by atoms with Crippen molar-refractivity contribution in [2.24, 2.45) is 0 Å². The molecule has 6 aromatic rings. The largest absolute Gasteiger partial charge is 0.490 e. The topological polar surface area (TPSA) is 216 Å². The molecule has 5 N–H and O–H groups in total. The minimum absolute atomic E-state index is 0.158. The predicted octanol–water partition coefficient (Wildman–Crippen LogP) is 9.12. The van der Waals surface area contributed by atoms with Gasteiger partial charge in [0, 0.05) is 77.7 Å². The van der Waals surface area contributed by atoms with Gasteiger partial charge in [-0.1, -0.05) is 66.2 Å². The minimum atomic E-state index is -5.08. The van der Waals surface area contributed by atoms with Gasteiger partial charge in [0.2, 0.25) is 0 Å². The van der Waals surface area contributed by atoms with Gasteiger partial charge in [0.25, 0.3) is 21.6 Å². The number of nitrogens with one attached hydrogen (secondary N) is 3. The van der Waals surface area contributed by atoms with E-state index in [1.54, 1.807) is 12.1 Å². The van der Waals surface area contributed by atoms with Gasteiger partial charge in [-0.05, 0) is 104 Å². The molecule has 0 spiro atoms. The normalized spacial score (nSPS) is 13.2. The summed E-state index contributed by atoms with van der Waals surface area (Å²) in [5, 5.41) is 34.6. The number of carboxylic acid groups (broad SMARTS) is 2. The molecule has 378 valence electrons. The number of benzene rings is 5. The molecule has 2 heterocycles. The van der Waals surface area contributed by atoms with Crippen molar-refractivity contribution in [2.75, 3.05) is 44.4 Å². The Labute approximate surface area is 407 Å². The van der Waals surface area contributed by atoms with Gasteiger partial charge in [0.1, 0.15) is 5.69 Å². The third kappa shape index (κ3) is 15.6. The Morgan fingerprint density at radius 2 is 1.45 bits per heavy atom. The van der Waals surface area contributed by atoms with Gasteiger partial charge >= 0.3 is 24.3 Å². The van der Waals surface area contributed by atoms with Crippen LogP contribution < -0.4 is 15.4 Å². The highest BCUT2D eigenvalue weighted by Crippen LogP contribution is 2.31. The van der Waals surface area contributed by atoms with Gasteiger partial charge in [-0.3, -0.25) is 19.8 Å². The summed E-state index contributed by atoms with van der Waals surface area (Å²) in [5.74, 6) is -6.35. The first-order chi connectivity index (χ1) is 33.3. The van der Waals surface area contributed by atoms with Crippen molar-refractivity contribution in [1.82, 2.24) is 19.1 Å². The zero-order chi connectivity index (χ0) is 52.3. The number of rotatable bonds is 15. The van der Waals surface area contributed by atoms with E-state index in [-0.39, 0.29) is 17.3 Å². The molecule has 5 aromatic carbocycles. The molecule has 16 nitrogen and oxygen atoms in total. The van der Waals surface area contributed by atoms with Crippen LogP contribution in [0.3, 0.4) is 0 Å². The fourth-order valence-electron chi connectivity index (χ4n) is 7.21. The summed E-state index contributed by atoms with van der Waals surface area (Å²) in [6.07, 6.45) is -9.51. The van der Waals surface area contributed by atoms with Gasteiger partial charge in [0.15, 0.2) is 0 Å². The number of aliphatic carboxylic acids is 2. The number of amides is 1. The van der Waals surface area contributed by atoms with Crippen LogP contribution in [0.2, 0.25) is 5.02 Å². The van der Waals surface area contributed by atoms with Gasteiger partial charge < -0.3 is 30.3 Å². The number of nitro groups is 1. The number of nitro benzene ring substituents is 1. The highest BCUT2D eigenvalue weighted by atomic mass is 35.5. The lowest BCUT2D eigenvalue weighted by atomic mass is 9.99. The highest BCUT2D eigenvalue weighted by Gasteiger charge is 2.39. The Kier molecular flexibility index (Phi) is 18.2. The second-order valence-corrected chi connectivity index (χ2v) is 18.2. The van der Waals surface area contributed by atoms with Crippen LogP contribution in [-0.2, 0) is 39.2 Å². The van der Waals surface area contributed by atoms with E-state index in [0.717, 1.165) is 65.7 Å². The molecular formula is C47H46ClF6N7O9S. The molecule has 1 aromatic heterocycles. The molecule has 1 amide bonds. The van der Waals surface area contributed by atoms with Crippen LogP contribution in [0.4, 0.5) is 43.4 Å². The van der Waals surface area contributed by atoms with Crippen molar-refractivity contribution in [3.8, 4) is 11.1 Å². The smallest absolute Gasteiger partial charge is 0.475 e. The van der Waals surface area contributed by atoms with E-state index in [4.69, 9.17) is 31.4 Å². The Bertz CT molecular complexity index is 2930. The molecule has 24 heteroatoms. The molecule has 1 aliphatic rings. The maximum absolute atomic E-state index is 13.5. The van der Waals surface area contributed by atoms with Crippen LogP contribution in [0.15, 0.2) is 126 Å². The fourth-order valence-corrected chi connectivity index (χ4v) is 8.33. The molecule has 0 bridgehead atoms. The Morgan fingerprint density at radius 1 is 0.831 bits per heavy atom. The van der Waals surface area contributed by atoms with E-state index in [0.29, 0.717) is 24.5 Å². The summed E-state index contributed by atoms with van der Waals surface area (Å²) >= 11 is 6.14. The summed E-state index contributed by atoms with van der Waals surface area (Å²) < 4.78 is 94.8. The van der Waals surface area contributed by atoms with Crippen LogP contribution in [-0.4, -0.2) is 108 Å². The van der Waals surface area contributed by atoms with Crippen molar-refractivity contribution in [3.63, 3.8) is 0 Å². The predicted molar refractivity (Wildman–Crippen MR) is 254 cm³/mol. The Balaban J connectivity index is 0.000000586.